The summed E-state index contributed by atoms with van der Waals surface area (Å²) in [5.41, 5.74) is 5.70. The number of hydrogen-bond acceptors (Lipinski definition) is 2. The smallest absolute Gasteiger partial charge is 0.227 e. The first-order valence-electron chi connectivity index (χ1n) is 6.65. The van der Waals surface area contributed by atoms with E-state index in [0.29, 0.717) is 13.1 Å². The molecule has 0 aliphatic rings. The standard InChI is InChI=1S/C15H30N2O/c1-8-9-17(15(5,6)7)13(18)12(11-16)10-14(2,3)4/h8,12H,1,9-11,16H2,2-7H3. The summed E-state index contributed by atoms with van der Waals surface area (Å²) in [6.07, 6.45) is 2.58. The predicted molar refractivity (Wildman–Crippen MR) is 78.3 cm³/mol. The maximum atomic E-state index is 12.6. The van der Waals surface area contributed by atoms with Gasteiger partial charge < -0.3 is 10.6 Å². The quantitative estimate of drug-likeness (QED) is 0.767. The van der Waals surface area contributed by atoms with Crippen LogP contribution in [0.25, 0.3) is 0 Å². The molecule has 0 aromatic heterocycles. The third-order valence-electron chi connectivity index (χ3n) is 2.88. The van der Waals surface area contributed by atoms with Gasteiger partial charge in [0.1, 0.15) is 0 Å². The predicted octanol–water partition coefficient (Wildman–Crippen LogP) is 2.81. The number of hydrogen-bond donors (Lipinski definition) is 1. The molecule has 0 radical (unpaired) electrons. The molecular formula is C15H30N2O. The molecule has 0 aliphatic heterocycles. The molecule has 3 heteroatoms. The molecule has 0 aromatic rings. The van der Waals surface area contributed by atoms with Gasteiger partial charge in [-0.2, -0.15) is 0 Å². The first-order valence-corrected chi connectivity index (χ1v) is 6.65. The second-order valence-corrected chi connectivity index (χ2v) is 7.11. The van der Waals surface area contributed by atoms with Crippen LogP contribution in [0.15, 0.2) is 12.7 Å². The van der Waals surface area contributed by atoms with E-state index in [9.17, 15) is 4.79 Å². The average molecular weight is 254 g/mol. The highest BCUT2D eigenvalue weighted by Crippen LogP contribution is 2.27. The molecule has 0 heterocycles. The molecule has 0 spiro atoms. The highest BCUT2D eigenvalue weighted by atomic mass is 16.2. The molecule has 1 unspecified atom stereocenters. The molecule has 0 aromatic carbocycles. The van der Waals surface area contributed by atoms with Crippen LogP contribution in [-0.4, -0.2) is 29.4 Å². The lowest BCUT2D eigenvalue weighted by atomic mass is 9.83. The highest BCUT2D eigenvalue weighted by molar-refractivity contribution is 5.80. The average Bonchev–Trinajstić information content (AvgIpc) is 2.18. The molecular weight excluding hydrogens is 224 g/mol. The third-order valence-corrected chi connectivity index (χ3v) is 2.88. The normalized spacial score (nSPS) is 14.2. The molecule has 2 N–H and O–H groups in total. The SMILES string of the molecule is C=CCN(C(=O)C(CN)CC(C)(C)C)C(C)(C)C. The number of nitrogens with two attached hydrogens (primary N) is 1. The molecule has 0 saturated carbocycles. The Morgan fingerprint density at radius 3 is 2.06 bits per heavy atom. The van der Waals surface area contributed by atoms with Gasteiger partial charge in [0.15, 0.2) is 0 Å². The van der Waals surface area contributed by atoms with Crippen LogP contribution in [0, 0.1) is 11.3 Å². The maximum absolute atomic E-state index is 12.6. The van der Waals surface area contributed by atoms with Crippen molar-refractivity contribution in [1.82, 2.24) is 4.90 Å². The van der Waals surface area contributed by atoms with Crippen molar-refractivity contribution in [3.05, 3.63) is 12.7 Å². The lowest BCUT2D eigenvalue weighted by Crippen LogP contribution is -2.50. The zero-order valence-corrected chi connectivity index (χ0v) is 12.9. The monoisotopic (exact) mass is 254 g/mol. The van der Waals surface area contributed by atoms with Crippen molar-refractivity contribution < 1.29 is 4.79 Å². The van der Waals surface area contributed by atoms with Gasteiger partial charge in [-0.25, -0.2) is 0 Å². The first-order chi connectivity index (χ1) is 8.03. The molecule has 18 heavy (non-hydrogen) atoms. The fourth-order valence-corrected chi connectivity index (χ4v) is 2.05. The van der Waals surface area contributed by atoms with Gasteiger partial charge >= 0.3 is 0 Å². The Kier molecular flexibility index (Phi) is 6.08. The molecule has 3 nitrogen and oxygen atoms in total. The van der Waals surface area contributed by atoms with Crippen LogP contribution in [0.1, 0.15) is 48.0 Å². The Morgan fingerprint density at radius 2 is 1.78 bits per heavy atom. The van der Waals surface area contributed by atoms with Gasteiger partial charge in [0.05, 0.1) is 5.92 Å². The number of carbonyl (C=O) groups is 1. The van der Waals surface area contributed by atoms with Crippen LogP contribution in [0.3, 0.4) is 0 Å². The van der Waals surface area contributed by atoms with Crippen LogP contribution in [0.5, 0.6) is 0 Å². The van der Waals surface area contributed by atoms with Crippen LogP contribution in [-0.2, 0) is 4.79 Å². The lowest BCUT2D eigenvalue weighted by molar-refractivity contribution is -0.140. The van der Waals surface area contributed by atoms with E-state index in [4.69, 9.17) is 5.73 Å². The molecule has 0 bridgehead atoms. The van der Waals surface area contributed by atoms with Gasteiger partial charge in [-0.05, 0) is 32.6 Å². The minimum atomic E-state index is -0.198. The van der Waals surface area contributed by atoms with E-state index in [0.717, 1.165) is 6.42 Å². The fourth-order valence-electron chi connectivity index (χ4n) is 2.05. The molecule has 0 aliphatic carbocycles. The Bertz CT molecular complexity index is 284. The van der Waals surface area contributed by atoms with Crippen LogP contribution < -0.4 is 5.73 Å². The van der Waals surface area contributed by atoms with E-state index in [1.165, 1.54) is 0 Å². The van der Waals surface area contributed by atoms with Gasteiger partial charge in [-0.1, -0.05) is 26.8 Å². The van der Waals surface area contributed by atoms with Crippen molar-refractivity contribution >= 4 is 5.91 Å². The van der Waals surface area contributed by atoms with Gasteiger partial charge in [-0.15, -0.1) is 6.58 Å². The molecule has 1 amide bonds. The lowest BCUT2D eigenvalue weighted by Gasteiger charge is -2.38. The Balaban J connectivity index is 4.98. The Hall–Kier alpha value is -0.830. The van der Waals surface area contributed by atoms with Crippen molar-refractivity contribution in [1.29, 1.82) is 0 Å². The summed E-state index contributed by atoms with van der Waals surface area (Å²) < 4.78 is 0. The molecule has 0 rings (SSSR count). The number of rotatable bonds is 5. The van der Waals surface area contributed by atoms with E-state index in [1.54, 1.807) is 6.08 Å². The zero-order valence-electron chi connectivity index (χ0n) is 12.9. The van der Waals surface area contributed by atoms with E-state index >= 15 is 0 Å². The first kappa shape index (κ1) is 17.2. The van der Waals surface area contributed by atoms with E-state index in [1.807, 2.05) is 25.7 Å². The third kappa shape index (κ3) is 5.67. The van der Waals surface area contributed by atoms with Gasteiger partial charge in [-0.3, -0.25) is 4.79 Å². The summed E-state index contributed by atoms with van der Waals surface area (Å²) >= 11 is 0. The van der Waals surface area contributed by atoms with E-state index in [2.05, 4.69) is 27.4 Å². The summed E-state index contributed by atoms with van der Waals surface area (Å²) in [5.74, 6) is 0.0315. The van der Waals surface area contributed by atoms with Crippen LogP contribution in [0.4, 0.5) is 0 Å². The fraction of sp³-hybridized carbons (Fsp3) is 0.800. The molecule has 0 saturated heterocycles. The largest absolute Gasteiger partial charge is 0.334 e. The number of carbonyl (C=O) groups excluding carboxylic acids is 1. The maximum Gasteiger partial charge on any atom is 0.227 e. The summed E-state index contributed by atoms with van der Waals surface area (Å²) in [6, 6.07) is 0. The minimum absolute atomic E-state index is 0.107. The van der Waals surface area contributed by atoms with Gasteiger partial charge in [0.2, 0.25) is 5.91 Å². The molecule has 106 valence electrons. The van der Waals surface area contributed by atoms with E-state index in [-0.39, 0.29) is 22.8 Å². The Morgan fingerprint density at radius 1 is 1.28 bits per heavy atom. The van der Waals surface area contributed by atoms with Crippen molar-refractivity contribution in [3.8, 4) is 0 Å². The van der Waals surface area contributed by atoms with Crippen LogP contribution >= 0.6 is 0 Å². The summed E-state index contributed by atoms with van der Waals surface area (Å²) in [6.45, 7) is 17.2. The van der Waals surface area contributed by atoms with Crippen LogP contribution in [0.2, 0.25) is 0 Å². The van der Waals surface area contributed by atoms with Gasteiger partial charge in [0.25, 0.3) is 0 Å². The zero-order chi connectivity index (χ0) is 14.6. The summed E-state index contributed by atoms with van der Waals surface area (Å²) in [5, 5.41) is 0. The second-order valence-electron chi connectivity index (χ2n) is 7.11. The van der Waals surface area contributed by atoms with E-state index < -0.39 is 0 Å². The second kappa shape index (κ2) is 6.37. The minimum Gasteiger partial charge on any atom is -0.334 e. The van der Waals surface area contributed by atoms with Gasteiger partial charge in [0, 0.05) is 18.6 Å². The molecule has 1 atom stereocenters. The Labute approximate surface area is 112 Å². The van der Waals surface area contributed by atoms with Crippen molar-refractivity contribution in [2.45, 2.75) is 53.5 Å². The topological polar surface area (TPSA) is 46.3 Å². The summed E-state index contributed by atoms with van der Waals surface area (Å²) in [4.78, 5) is 14.5. The highest BCUT2D eigenvalue weighted by Gasteiger charge is 2.32. The number of amides is 1. The summed E-state index contributed by atoms with van der Waals surface area (Å²) in [7, 11) is 0. The molecule has 0 fully saturated rings. The van der Waals surface area contributed by atoms with Crippen molar-refractivity contribution in [2.75, 3.05) is 13.1 Å². The van der Waals surface area contributed by atoms with Crippen molar-refractivity contribution in [3.63, 3.8) is 0 Å². The van der Waals surface area contributed by atoms with Crippen molar-refractivity contribution in [2.24, 2.45) is 17.1 Å². The number of nitrogens with zero attached hydrogens (tertiary/aromatic N) is 1.